The minimum absolute atomic E-state index is 0.172. The van der Waals surface area contributed by atoms with E-state index >= 15 is 0 Å². The van der Waals surface area contributed by atoms with Crippen LogP contribution in [0, 0.1) is 10.8 Å². The van der Waals surface area contributed by atoms with Gasteiger partial charge in [-0.2, -0.15) is 0 Å². The first-order valence-corrected chi connectivity index (χ1v) is 6.89. The molecule has 0 aliphatic carbocycles. The van der Waals surface area contributed by atoms with Gasteiger partial charge in [0, 0.05) is 13.1 Å². The number of hydrogen-bond acceptors (Lipinski definition) is 7. The number of aliphatic carboxylic acids is 3. The SMILES string of the molecule is N=C(N)NC(=N)N1CCOCC1.O=C(O)CC(O)(CC(=O)O)C(=O)O. The Bertz CT molecular complexity index is 516. The van der Waals surface area contributed by atoms with Crippen molar-refractivity contribution in [1.29, 1.82) is 10.8 Å². The number of nitrogens with two attached hydrogens (primary N) is 1. The smallest absolute Gasteiger partial charge is 0.336 e. The number of rotatable bonds is 5. The summed E-state index contributed by atoms with van der Waals surface area (Å²) in [6.07, 6.45) is -2.29. The fourth-order valence-corrected chi connectivity index (χ4v) is 1.71. The summed E-state index contributed by atoms with van der Waals surface area (Å²) in [6, 6.07) is 0. The van der Waals surface area contributed by atoms with Crippen LogP contribution in [0.5, 0.6) is 0 Å². The number of nitrogens with zero attached hydrogens (tertiary/aromatic N) is 1. The predicted molar refractivity (Wildman–Crippen MR) is 82.3 cm³/mol. The van der Waals surface area contributed by atoms with Crippen molar-refractivity contribution in [2.75, 3.05) is 26.3 Å². The Morgan fingerprint density at radius 2 is 1.52 bits per heavy atom. The molecule has 25 heavy (non-hydrogen) atoms. The van der Waals surface area contributed by atoms with Crippen LogP contribution in [0.4, 0.5) is 0 Å². The van der Waals surface area contributed by atoms with Crippen LogP contribution >= 0.6 is 0 Å². The standard InChI is InChI=1S/C6H13N5O.C6H8O7/c7-5(8)10-6(9)11-1-3-12-4-2-11;7-3(8)1-6(13,5(11)12)2-4(9)10/h1-4H2,(H5,7,8,9,10);13H,1-2H2,(H,7,8)(H,9,10)(H,11,12). The van der Waals surface area contributed by atoms with Gasteiger partial charge in [0.15, 0.2) is 17.5 Å². The van der Waals surface area contributed by atoms with Crippen molar-refractivity contribution < 1.29 is 39.5 Å². The van der Waals surface area contributed by atoms with Crippen LogP contribution in [0.1, 0.15) is 12.8 Å². The molecule has 0 amide bonds. The molecule has 0 aromatic carbocycles. The lowest BCUT2D eigenvalue weighted by Crippen LogP contribution is -2.50. The van der Waals surface area contributed by atoms with E-state index in [1.54, 1.807) is 4.90 Å². The quantitative estimate of drug-likeness (QED) is 0.188. The zero-order valence-electron chi connectivity index (χ0n) is 13.2. The third kappa shape index (κ3) is 9.07. The molecule has 1 aliphatic heterocycles. The number of carbonyl (C=O) groups is 3. The Morgan fingerprint density at radius 3 is 1.84 bits per heavy atom. The molecule has 0 aromatic rings. The average Bonchev–Trinajstić information content (AvgIpc) is 2.46. The van der Waals surface area contributed by atoms with Gasteiger partial charge in [-0.1, -0.05) is 0 Å². The molecule has 0 spiro atoms. The first-order chi connectivity index (χ1) is 11.5. The van der Waals surface area contributed by atoms with Crippen molar-refractivity contribution >= 4 is 29.8 Å². The number of aliphatic hydroxyl groups is 1. The molecule has 0 aromatic heterocycles. The molecule has 1 heterocycles. The maximum absolute atomic E-state index is 10.3. The summed E-state index contributed by atoms with van der Waals surface area (Å²) in [5, 5.41) is 50.6. The highest BCUT2D eigenvalue weighted by molar-refractivity contribution is 5.94. The van der Waals surface area contributed by atoms with Gasteiger partial charge in [0.25, 0.3) is 0 Å². The van der Waals surface area contributed by atoms with Crippen molar-refractivity contribution in [2.24, 2.45) is 5.73 Å². The molecule has 1 rings (SSSR count). The Labute approximate surface area is 142 Å². The van der Waals surface area contributed by atoms with Crippen LogP contribution < -0.4 is 11.1 Å². The highest BCUT2D eigenvalue weighted by Crippen LogP contribution is 2.15. The maximum Gasteiger partial charge on any atom is 0.336 e. The van der Waals surface area contributed by atoms with Gasteiger partial charge in [-0.3, -0.25) is 25.7 Å². The largest absolute Gasteiger partial charge is 0.481 e. The minimum Gasteiger partial charge on any atom is -0.481 e. The molecule has 1 saturated heterocycles. The molecule has 0 unspecified atom stereocenters. The first-order valence-electron chi connectivity index (χ1n) is 6.89. The van der Waals surface area contributed by atoms with E-state index in [-0.39, 0.29) is 11.9 Å². The lowest BCUT2D eigenvalue weighted by atomic mass is 9.96. The molecule has 1 aliphatic rings. The predicted octanol–water partition coefficient (Wildman–Crippen LogP) is -2.51. The van der Waals surface area contributed by atoms with Crippen LogP contribution in [0.3, 0.4) is 0 Å². The summed E-state index contributed by atoms with van der Waals surface area (Å²) in [5.41, 5.74) is 2.34. The number of carboxylic acid groups (broad SMARTS) is 3. The van der Waals surface area contributed by atoms with E-state index in [1.807, 2.05) is 0 Å². The molecule has 0 atom stereocenters. The summed E-state index contributed by atoms with van der Waals surface area (Å²) in [5.74, 6) is -5.05. The van der Waals surface area contributed by atoms with Gasteiger partial charge >= 0.3 is 17.9 Å². The highest BCUT2D eigenvalue weighted by atomic mass is 16.5. The number of nitrogens with one attached hydrogen (secondary N) is 3. The summed E-state index contributed by atoms with van der Waals surface area (Å²) in [7, 11) is 0. The number of carboxylic acids is 3. The van der Waals surface area contributed by atoms with E-state index in [0.29, 0.717) is 26.3 Å². The normalized spacial score (nSPS) is 13.9. The lowest BCUT2D eigenvalue weighted by Gasteiger charge is -2.28. The van der Waals surface area contributed by atoms with Crippen LogP contribution in [-0.4, -0.2) is 87.1 Å². The van der Waals surface area contributed by atoms with Crippen molar-refractivity contribution in [1.82, 2.24) is 10.2 Å². The number of ether oxygens (including phenoxy) is 1. The monoisotopic (exact) mass is 363 g/mol. The Kier molecular flexibility index (Phi) is 8.87. The fraction of sp³-hybridized carbons (Fsp3) is 0.583. The summed E-state index contributed by atoms with van der Waals surface area (Å²) >= 11 is 0. The Morgan fingerprint density at radius 1 is 1.08 bits per heavy atom. The van der Waals surface area contributed by atoms with Gasteiger partial charge in [-0.05, 0) is 0 Å². The van der Waals surface area contributed by atoms with Gasteiger partial charge in [0.1, 0.15) is 0 Å². The van der Waals surface area contributed by atoms with E-state index < -0.39 is 36.4 Å². The molecule has 142 valence electrons. The molecule has 0 radical (unpaired) electrons. The Hall–Kier alpha value is -2.93. The molecule has 1 fully saturated rings. The lowest BCUT2D eigenvalue weighted by molar-refractivity contribution is -0.170. The van der Waals surface area contributed by atoms with E-state index in [9.17, 15) is 14.4 Å². The summed E-state index contributed by atoms with van der Waals surface area (Å²) in [4.78, 5) is 32.3. The first kappa shape index (κ1) is 22.1. The van der Waals surface area contributed by atoms with Gasteiger partial charge in [0.2, 0.25) is 0 Å². The van der Waals surface area contributed by atoms with Crippen LogP contribution in [0.2, 0.25) is 0 Å². The average molecular weight is 363 g/mol. The van der Waals surface area contributed by atoms with Crippen LogP contribution in [-0.2, 0) is 19.1 Å². The summed E-state index contributed by atoms with van der Waals surface area (Å²) < 4.78 is 5.10. The second-order valence-corrected chi connectivity index (χ2v) is 4.96. The molecular weight excluding hydrogens is 342 g/mol. The van der Waals surface area contributed by atoms with Crippen molar-refractivity contribution in [3.63, 3.8) is 0 Å². The van der Waals surface area contributed by atoms with Crippen LogP contribution in [0.25, 0.3) is 0 Å². The highest BCUT2D eigenvalue weighted by Gasteiger charge is 2.40. The number of morpholine rings is 1. The maximum atomic E-state index is 10.3. The van der Waals surface area contributed by atoms with Crippen LogP contribution in [0.15, 0.2) is 0 Å². The van der Waals surface area contributed by atoms with E-state index in [2.05, 4.69) is 5.32 Å². The van der Waals surface area contributed by atoms with Crippen molar-refractivity contribution in [2.45, 2.75) is 18.4 Å². The molecular formula is C12H21N5O8. The van der Waals surface area contributed by atoms with Gasteiger partial charge in [-0.25, -0.2) is 4.79 Å². The molecule has 0 saturated carbocycles. The zero-order chi connectivity index (χ0) is 19.6. The fourth-order valence-electron chi connectivity index (χ4n) is 1.71. The summed E-state index contributed by atoms with van der Waals surface area (Å²) in [6.45, 7) is 2.61. The van der Waals surface area contributed by atoms with Gasteiger partial charge in [0.05, 0.1) is 26.1 Å². The second kappa shape index (κ2) is 10.0. The zero-order valence-corrected chi connectivity index (χ0v) is 13.2. The minimum atomic E-state index is -2.74. The van der Waals surface area contributed by atoms with Gasteiger partial charge in [-0.15, -0.1) is 0 Å². The van der Waals surface area contributed by atoms with Gasteiger partial charge < -0.3 is 35.8 Å². The second-order valence-electron chi connectivity index (χ2n) is 4.96. The topological polar surface area (TPSA) is 230 Å². The molecule has 0 bridgehead atoms. The van der Waals surface area contributed by atoms with E-state index in [4.69, 9.17) is 41.7 Å². The van der Waals surface area contributed by atoms with E-state index in [0.717, 1.165) is 0 Å². The van der Waals surface area contributed by atoms with E-state index in [1.165, 1.54) is 0 Å². The van der Waals surface area contributed by atoms with Crippen molar-refractivity contribution in [3.8, 4) is 0 Å². The Balaban J connectivity index is 0.000000462. The van der Waals surface area contributed by atoms with Crippen molar-refractivity contribution in [3.05, 3.63) is 0 Å². The third-order valence-corrected chi connectivity index (χ3v) is 2.87. The number of hydrogen-bond donors (Lipinski definition) is 8. The number of guanidine groups is 2. The molecule has 9 N–H and O–H groups in total. The molecule has 13 heteroatoms. The third-order valence-electron chi connectivity index (χ3n) is 2.87. The molecule has 13 nitrogen and oxygen atoms in total.